The average Bonchev–Trinajstić information content (AvgIpc) is 2.91. The molecule has 0 unspecified atom stereocenters. The number of methoxy groups -OCH3 is 1. The lowest BCUT2D eigenvalue weighted by atomic mass is 9.93. The first-order valence-electron chi connectivity index (χ1n) is 7.94. The van der Waals surface area contributed by atoms with E-state index in [0.717, 1.165) is 37.2 Å². The van der Waals surface area contributed by atoms with Gasteiger partial charge in [-0.15, -0.1) is 0 Å². The zero-order chi connectivity index (χ0) is 22.3. The van der Waals surface area contributed by atoms with E-state index in [4.69, 9.17) is 4.74 Å². The number of sulfone groups is 1. The van der Waals surface area contributed by atoms with Gasteiger partial charge in [0.1, 0.15) is 5.56 Å². The zero-order valence-corrected chi connectivity index (χ0v) is 16.9. The smallest absolute Gasteiger partial charge is 0.437 e. The third-order valence-corrected chi connectivity index (χ3v) is 5.45. The van der Waals surface area contributed by atoms with Crippen LogP contribution in [-0.2, 0) is 27.8 Å². The first-order chi connectivity index (χ1) is 13.2. The summed E-state index contributed by atoms with van der Waals surface area (Å²) in [5.41, 5.74) is -3.22. The molecule has 2 aromatic rings. The van der Waals surface area contributed by atoms with E-state index in [0.29, 0.717) is 0 Å². The second-order valence-electron chi connectivity index (χ2n) is 6.21. The molecule has 1 aromatic heterocycles. The molecule has 0 aliphatic heterocycles. The van der Waals surface area contributed by atoms with Crippen molar-refractivity contribution in [2.75, 3.05) is 13.4 Å². The highest BCUT2D eigenvalue weighted by molar-refractivity contribution is 7.90. The lowest BCUT2D eigenvalue weighted by molar-refractivity contribution is -0.138. The van der Waals surface area contributed by atoms with Gasteiger partial charge in [0.25, 0.3) is 0 Å². The van der Waals surface area contributed by atoms with Crippen molar-refractivity contribution in [2.24, 2.45) is 7.05 Å². The Morgan fingerprint density at radius 1 is 1.17 bits per heavy atom. The van der Waals surface area contributed by atoms with Gasteiger partial charge in [0.05, 0.1) is 23.8 Å². The Balaban J connectivity index is 2.80. The van der Waals surface area contributed by atoms with Crippen molar-refractivity contribution < 1.29 is 40.7 Å². The number of benzene rings is 1. The summed E-state index contributed by atoms with van der Waals surface area (Å²) < 4.78 is 75.4. The lowest BCUT2D eigenvalue weighted by Crippen LogP contribution is -2.20. The van der Waals surface area contributed by atoms with Gasteiger partial charge in [-0.2, -0.15) is 18.3 Å². The molecule has 12 heteroatoms. The Morgan fingerprint density at radius 3 is 2.24 bits per heavy atom. The molecular formula is C17H17F3N2O6S. The predicted molar refractivity (Wildman–Crippen MR) is 93.7 cm³/mol. The number of aryl methyl sites for hydroxylation is 2. The van der Waals surface area contributed by atoms with Crippen molar-refractivity contribution in [3.63, 3.8) is 0 Å². The summed E-state index contributed by atoms with van der Waals surface area (Å²) in [6.45, 7) is 2.27. The molecule has 1 heterocycles. The van der Waals surface area contributed by atoms with Crippen LogP contribution in [0.2, 0.25) is 0 Å². The van der Waals surface area contributed by atoms with Crippen LogP contribution >= 0.6 is 0 Å². The van der Waals surface area contributed by atoms with Gasteiger partial charge in [-0.1, -0.05) is 0 Å². The van der Waals surface area contributed by atoms with Crippen molar-refractivity contribution in [3.8, 4) is 5.88 Å². The Labute approximate surface area is 164 Å². The number of nitrogens with zero attached hydrogens (tertiary/aromatic N) is 2. The van der Waals surface area contributed by atoms with E-state index in [1.54, 1.807) is 0 Å². The maximum absolute atomic E-state index is 13.8. The third kappa shape index (κ3) is 4.26. The van der Waals surface area contributed by atoms with Crippen LogP contribution in [0, 0.1) is 13.8 Å². The van der Waals surface area contributed by atoms with Crippen LogP contribution in [0.15, 0.2) is 17.2 Å². The van der Waals surface area contributed by atoms with Gasteiger partial charge < -0.3 is 9.47 Å². The molecule has 0 aliphatic rings. The highest BCUT2D eigenvalue weighted by Gasteiger charge is 2.40. The number of hydrogen-bond donors (Lipinski definition) is 0. The largest absolute Gasteiger partial charge is 0.514 e. The van der Waals surface area contributed by atoms with E-state index in [9.17, 15) is 31.2 Å². The van der Waals surface area contributed by atoms with Crippen LogP contribution in [0.4, 0.5) is 18.0 Å². The number of halogens is 3. The highest BCUT2D eigenvalue weighted by Crippen LogP contribution is 2.40. The van der Waals surface area contributed by atoms with Crippen LogP contribution in [0.25, 0.3) is 0 Å². The highest BCUT2D eigenvalue weighted by atomic mass is 32.2. The number of carbonyl (C=O) groups excluding carboxylic acids is 2. The molecule has 0 saturated carbocycles. The molecular weight excluding hydrogens is 417 g/mol. The number of rotatable bonds is 4. The topological polar surface area (TPSA) is 105 Å². The second-order valence-corrected chi connectivity index (χ2v) is 8.16. The van der Waals surface area contributed by atoms with Crippen LogP contribution < -0.4 is 4.74 Å². The quantitative estimate of drug-likeness (QED) is 0.538. The molecule has 0 N–H and O–H groups in total. The van der Waals surface area contributed by atoms with E-state index >= 15 is 0 Å². The summed E-state index contributed by atoms with van der Waals surface area (Å²) in [5.74, 6) is -1.56. The van der Waals surface area contributed by atoms with Gasteiger partial charge in [0.15, 0.2) is 9.84 Å². The molecule has 0 amide bonds. The number of aromatic nitrogens is 2. The van der Waals surface area contributed by atoms with E-state index in [-0.39, 0.29) is 5.56 Å². The van der Waals surface area contributed by atoms with Crippen LogP contribution in [0.3, 0.4) is 0 Å². The number of carbonyl (C=O) groups is 2. The molecule has 0 spiro atoms. The molecule has 0 aliphatic carbocycles. The summed E-state index contributed by atoms with van der Waals surface area (Å²) >= 11 is 0. The first kappa shape index (κ1) is 22.4. The van der Waals surface area contributed by atoms with Crippen molar-refractivity contribution in [1.29, 1.82) is 0 Å². The molecule has 8 nitrogen and oxygen atoms in total. The SMILES string of the molecule is COC(=O)Oc1c(C(=O)c2cc(C)c(S(C)(=O)=O)c(C)c2C(F)(F)F)cnn1C. The average molecular weight is 434 g/mol. The Morgan fingerprint density at radius 2 is 1.76 bits per heavy atom. The molecule has 0 bridgehead atoms. The third-order valence-electron chi connectivity index (χ3n) is 4.08. The summed E-state index contributed by atoms with van der Waals surface area (Å²) in [5, 5.41) is 3.73. The monoisotopic (exact) mass is 434 g/mol. The Hall–Kier alpha value is -2.89. The molecule has 0 fully saturated rings. The van der Waals surface area contributed by atoms with E-state index < -0.39 is 61.0 Å². The standard InChI is InChI=1S/C17H17F3N2O6S/c1-8-6-10(12(17(18,19)20)9(2)14(8)29(5,25)26)13(23)11-7-21-22(3)15(11)28-16(24)27-4/h6-7H,1-5H3. The van der Waals surface area contributed by atoms with Gasteiger partial charge >= 0.3 is 12.3 Å². The summed E-state index contributed by atoms with van der Waals surface area (Å²) in [4.78, 5) is 23.8. The first-order valence-corrected chi connectivity index (χ1v) is 9.83. The van der Waals surface area contributed by atoms with Gasteiger partial charge in [0.2, 0.25) is 11.7 Å². The molecule has 29 heavy (non-hydrogen) atoms. The van der Waals surface area contributed by atoms with Gasteiger partial charge in [-0.25, -0.2) is 17.9 Å². The fraction of sp³-hybridized carbons (Fsp3) is 0.353. The minimum Gasteiger partial charge on any atom is -0.437 e. The van der Waals surface area contributed by atoms with Gasteiger partial charge in [-0.05, 0) is 31.0 Å². The fourth-order valence-corrected chi connectivity index (χ4v) is 4.35. The van der Waals surface area contributed by atoms with E-state index in [2.05, 4.69) is 9.84 Å². The van der Waals surface area contributed by atoms with Crippen LogP contribution in [0.1, 0.15) is 32.6 Å². The Bertz CT molecular complexity index is 1100. The lowest BCUT2D eigenvalue weighted by Gasteiger charge is -2.19. The normalized spacial score (nSPS) is 12.0. The molecule has 158 valence electrons. The minimum atomic E-state index is -5.02. The zero-order valence-electron chi connectivity index (χ0n) is 16.0. The maximum atomic E-state index is 13.8. The number of alkyl halides is 3. The fourth-order valence-electron chi connectivity index (χ4n) is 3.05. The molecule has 0 saturated heterocycles. The Kier molecular flexibility index (Phi) is 5.79. The van der Waals surface area contributed by atoms with Crippen molar-refractivity contribution in [1.82, 2.24) is 9.78 Å². The minimum absolute atomic E-state index is 0.0272. The number of ketones is 1. The second kappa shape index (κ2) is 7.50. The predicted octanol–water partition coefficient (Wildman–Crippen LogP) is 2.84. The van der Waals surface area contributed by atoms with Crippen molar-refractivity contribution in [3.05, 3.63) is 40.1 Å². The van der Waals surface area contributed by atoms with Gasteiger partial charge in [0, 0.05) is 18.9 Å². The van der Waals surface area contributed by atoms with Crippen molar-refractivity contribution in [2.45, 2.75) is 24.9 Å². The molecule has 0 atom stereocenters. The number of ether oxygens (including phenoxy) is 2. The van der Waals surface area contributed by atoms with E-state index in [1.165, 1.54) is 14.0 Å². The molecule has 1 aromatic carbocycles. The maximum Gasteiger partial charge on any atom is 0.514 e. The van der Waals surface area contributed by atoms with Crippen molar-refractivity contribution >= 4 is 21.8 Å². The molecule has 0 radical (unpaired) electrons. The van der Waals surface area contributed by atoms with Crippen LogP contribution in [0.5, 0.6) is 5.88 Å². The van der Waals surface area contributed by atoms with Gasteiger partial charge in [-0.3, -0.25) is 4.79 Å². The number of hydrogen-bond acceptors (Lipinski definition) is 7. The van der Waals surface area contributed by atoms with Crippen LogP contribution in [-0.4, -0.2) is 43.5 Å². The summed E-state index contributed by atoms with van der Waals surface area (Å²) in [6, 6.07) is 0.851. The van der Waals surface area contributed by atoms with E-state index in [1.807, 2.05) is 0 Å². The molecule has 2 rings (SSSR count). The summed E-state index contributed by atoms with van der Waals surface area (Å²) in [6.07, 6.45) is -4.49. The summed E-state index contributed by atoms with van der Waals surface area (Å²) in [7, 11) is -1.67.